The van der Waals surface area contributed by atoms with Crippen molar-refractivity contribution in [2.24, 2.45) is 5.92 Å². The Balaban J connectivity index is 1.96. The molecule has 1 atom stereocenters. The van der Waals surface area contributed by atoms with Gasteiger partial charge in [0, 0.05) is 6.54 Å². The molecule has 0 spiro atoms. The summed E-state index contributed by atoms with van der Waals surface area (Å²) in [6.45, 7) is 2.04. The van der Waals surface area contributed by atoms with Crippen molar-refractivity contribution in [3.05, 3.63) is 35.1 Å². The van der Waals surface area contributed by atoms with E-state index in [2.05, 4.69) is 5.32 Å². The van der Waals surface area contributed by atoms with E-state index in [4.69, 9.17) is 11.6 Å². The average molecular weight is 256 g/mol. The fourth-order valence-corrected chi connectivity index (χ4v) is 2.06. The number of hydrogen-bond donors (Lipinski definition) is 1. The summed E-state index contributed by atoms with van der Waals surface area (Å²) in [6.07, 6.45) is 2.26. The molecule has 1 aliphatic rings. The molecule has 1 aliphatic carbocycles. The number of halogens is 2. The quantitative estimate of drug-likeness (QED) is 0.824. The predicted molar refractivity (Wildman–Crippen MR) is 65.8 cm³/mol. The molecule has 4 heteroatoms. The van der Waals surface area contributed by atoms with Gasteiger partial charge in [-0.05, 0) is 37.3 Å². The van der Waals surface area contributed by atoms with Gasteiger partial charge in [0.2, 0.25) is 0 Å². The van der Waals surface area contributed by atoms with Crippen molar-refractivity contribution in [2.75, 3.05) is 6.54 Å². The van der Waals surface area contributed by atoms with Crippen LogP contribution in [0.15, 0.2) is 18.2 Å². The summed E-state index contributed by atoms with van der Waals surface area (Å²) in [7, 11) is 0. The molecule has 1 aromatic carbocycles. The predicted octanol–water partition coefficient (Wildman–Crippen LogP) is 2.88. The zero-order chi connectivity index (χ0) is 12.4. The van der Waals surface area contributed by atoms with Crippen LogP contribution < -0.4 is 5.32 Å². The van der Waals surface area contributed by atoms with Gasteiger partial charge in [0.15, 0.2) is 0 Å². The van der Waals surface area contributed by atoms with Gasteiger partial charge in [0.05, 0.1) is 10.9 Å². The van der Waals surface area contributed by atoms with Gasteiger partial charge in [-0.25, -0.2) is 4.39 Å². The summed E-state index contributed by atoms with van der Waals surface area (Å²) in [6, 6.07) is 4.80. The Morgan fingerprint density at radius 2 is 2.29 bits per heavy atom. The topological polar surface area (TPSA) is 29.1 Å². The number of rotatable bonds is 4. The van der Waals surface area contributed by atoms with Crippen LogP contribution in [0.25, 0.3) is 0 Å². The van der Waals surface area contributed by atoms with Crippen LogP contribution in [-0.4, -0.2) is 17.8 Å². The highest BCUT2D eigenvalue weighted by atomic mass is 35.5. The van der Waals surface area contributed by atoms with Gasteiger partial charge in [-0.1, -0.05) is 12.1 Å². The summed E-state index contributed by atoms with van der Waals surface area (Å²) in [5.74, 6) is -0.334. The van der Waals surface area contributed by atoms with Gasteiger partial charge in [-0.2, -0.15) is 0 Å². The van der Waals surface area contributed by atoms with Crippen LogP contribution in [0, 0.1) is 18.7 Å². The molecular weight excluding hydrogens is 241 g/mol. The maximum absolute atomic E-state index is 13.7. The zero-order valence-electron chi connectivity index (χ0n) is 9.67. The standard InChI is InChI=1S/C13H15ClFNO/c1-8-3-2-4-10(12(8)15)13(17)16-7-11(14)9-5-6-9/h2-4,9,11H,5-7H2,1H3,(H,16,17). The molecule has 17 heavy (non-hydrogen) atoms. The Morgan fingerprint density at radius 3 is 2.94 bits per heavy atom. The van der Waals surface area contributed by atoms with E-state index in [0.717, 1.165) is 12.8 Å². The number of carbonyl (C=O) groups excluding carboxylic acids is 1. The van der Waals surface area contributed by atoms with E-state index in [1.165, 1.54) is 6.07 Å². The van der Waals surface area contributed by atoms with Crippen LogP contribution in [0.2, 0.25) is 0 Å². The Morgan fingerprint density at radius 1 is 1.59 bits per heavy atom. The second-order valence-corrected chi connectivity index (χ2v) is 5.06. The molecule has 2 nitrogen and oxygen atoms in total. The lowest BCUT2D eigenvalue weighted by Gasteiger charge is -2.10. The van der Waals surface area contributed by atoms with E-state index in [1.54, 1.807) is 19.1 Å². The SMILES string of the molecule is Cc1cccc(C(=O)NCC(Cl)C2CC2)c1F. The molecule has 92 valence electrons. The summed E-state index contributed by atoms with van der Waals surface area (Å²) in [5, 5.41) is 2.64. The first-order valence-corrected chi connectivity index (χ1v) is 6.20. The third-order valence-electron chi connectivity index (χ3n) is 3.03. The first-order chi connectivity index (χ1) is 8.09. The molecule has 0 saturated heterocycles. The lowest BCUT2D eigenvalue weighted by molar-refractivity contribution is 0.0949. The molecule has 0 bridgehead atoms. The van der Waals surface area contributed by atoms with Crippen molar-refractivity contribution in [1.82, 2.24) is 5.32 Å². The number of carbonyl (C=O) groups is 1. The van der Waals surface area contributed by atoms with Crippen LogP contribution in [-0.2, 0) is 0 Å². The smallest absolute Gasteiger partial charge is 0.254 e. The van der Waals surface area contributed by atoms with E-state index in [9.17, 15) is 9.18 Å². The van der Waals surface area contributed by atoms with Gasteiger partial charge < -0.3 is 5.32 Å². The van der Waals surface area contributed by atoms with Gasteiger partial charge >= 0.3 is 0 Å². The van der Waals surface area contributed by atoms with Gasteiger partial charge in [-0.3, -0.25) is 4.79 Å². The van der Waals surface area contributed by atoms with Crippen LogP contribution in [0.3, 0.4) is 0 Å². The number of nitrogens with one attached hydrogen (secondary N) is 1. The van der Waals surface area contributed by atoms with Crippen molar-refractivity contribution >= 4 is 17.5 Å². The van der Waals surface area contributed by atoms with Crippen LogP contribution in [0.4, 0.5) is 4.39 Å². The Labute approximate surface area is 105 Å². The Bertz CT molecular complexity index is 431. The molecule has 1 amide bonds. The lowest BCUT2D eigenvalue weighted by Crippen LogP contribution is -2.31. The first-order valence-electron chi connectivity index (χ1n) is 5.77. The number of amides is 1. The minimum Gasteiger partial charge on any atom is -0.350 e. The minimum absolute atomic E-state index is 0.0354. The van der Waals surface area contributed by atoms with Gasteiger partial charge in [0.25, 0.3) is 5.91 Å². The highest BCUT2D eigenvalue weighted by molar-refractivity contribution is 6.21. The summed E-state index contributed by atoms with van der Waals surface area (Å²) in [5.41, 5.74) is 0.562. The Hall–Kier alpha value is -1.09. The minimum atomic E-state index is -0.456. The molecule has 0 heterocycles. The molecule has 1 N–H and O–H groups in total. The first kappa shape index (κ1) is 12.4. The summed E-state index contributed by atoms with van der Waals surface area (Å²) >= 11 is 6.07. The monoisotopic (exact) mass is 255 g/mol. The zero-order valence-corrected chi connectivity index (χ0v) is 10.4. The molecule has 1 unspecified atom stereocenters. The third-order valence-corrected chi connectivity index (χ3v) is 3.54. The maximum Gasteiger partial charge on any atom is 0.254 e. The number of aryl methyl sites for hydroxylation is 1. The van der Waals surface area contributed by atoms with E-state index in [0.29, 0.717) is 18.0 Å². The van der Waals surface area contributed by atoms with E-state index >= 15 is 0 Å². The van der Waals surface area contributed by atoms with Crippen LogP contribution >= 0.6 is 11.6 Å². The van der Waals surface area contributed by atoms with Crippen molar-refractivity contribution in [2.45, 2.75) is 25.1 Å². The third kappa shape index (κ3) is 2.97. The summed E-state index contributed by atoms with van der Waals surface area (Å²) < 4.78 is 13.7. The van der Waals surface area contributed by atoms with Crippen molar-refractivity contribution in [1.29, 1.82) is 0 Å². The average Bonchev–Trinajstić information content (AvgIpc) is 3.13. The molecule has 2 rings (SSSR count). The normalized spacial score (nSPS) is 16.6. The molecule has 0 aliphatic heterocycles. The van der Waals surface area contributed by atoms with Crippen molar-refractivity contribution < 1.29 is 9.18 Å². The van der Waals surface area contributed by atoms with Crippen LogP contribution in [0.1, 0.15) is 28.8 Å². The van der Waals surface area contributed by atoms with Crippen molar-refractivity contribution in [3.63, 3.8) is 0 Å². The van der Waals surface area contributed by atoms with E-state index < -0.39 is 11.7 Å². The molecule has 1 saturated carbocycles. The van der Waals surface area contributed by atoms with Gasteiger partial charge in [0.1, 0.15) is 5.82 Å². The summed E-state index contributed by atoms with van der Waals surface area (Å²) in [4.78, 5) is 11.8. The van der Waals surface area contributed by atoms with Crippen molar-refractivity contribution in [3.8, 4) is 0 Å². The lowest BCUT2D eigenvalue weighted by atomic mass is 10.1. The second kappa shape index (κ2) is 5.05. The fourth-order valence-electron chi connectivity index (χ4n) is 1.73. The van der Waals surface area contributed by atoms with Gasteiger partial charge in [-0.15, -0.1) is 11.6 Å². The molecule has 1 aromatic rings. The fraction of sp³-hybridized carbons (Fsp3) is 0.462. The number of benzene rings is 1. The highest BCUT2D eigenvalue weighted by Gasteiger charge is 2.29. The number of alkyl halides is 1. The van der Waals surface area contributed by atoms with E-state index in [-0.39, 0.29) is 10.9 Å². The maximum atomic E-state index is 13.7. The van der Waals surface area contributed by atoms with E-state index in [1.807, 2.05) is 0 Å². The second-order valence-electron chi connectivity index (χ2n) is 4.50. The highest BCUT2D eigenvalue weighted by Crippen LogP contribution is 2.35. The van der Waals surface area contributed by atoms with Crippen LogP contribution in [0.5, 0.6) is 0 Å². The molecule has 0 aromatic heterocycles. The number of hydrogen-bond acceptors (Lipinski definition) is 1. The molecular formula is C13H15ClFNO. The molecule has 1 fully saturated rings. The largest absolute Gasteiger partial charge is 0.350 e. The molecule has 0 radical (unpaired) electrons. The Kier molecular flexibility index (Phi) is 3.67.